The van der Waals surface area contributed by atoms with Crippen LogP contribution in [-0.4, -0.2) is 5.11 Å². The predicted molar refractivity (Wildman–Crippen MR) is 75.7 cm³/mol. The van der Waals surface area contributed by atoms with Gasteiger partial charge < -0.3 is 5.11 Å². The molecule has 94 valence electrons. The summed E-state index contributed by atoms with van der Waals surface area (Å²) in [5.41, 5.74) is 4.64. The first-order valence-electron chi connectivity index (χ1n) is 6.61. The third-order valence-electron chi connectivity index (χ3n) is 3.42. The third kappa shape index (κ3) is 2.62. The lowest BCUT2D eigenvalue weighted by Crippen LogP contribution is -2.01. The Labute approximate surface area is 109 Å². The van der Waals surface area contributed by atoms with E-state index in [1.807, 2.05) is 36.4 Å². The van der Waals surface area contributed by atoms with Crippen molar-refractivity contribution in [2.45, 2.75) is 32.8 Å². The first-order chi connectivity index (χ1) is 8.76. The number of hydrogen-bond donors (Lipinski definition) is 1. The lowest BCUT2D eigenvalue weighted by atomic mass is 9.95. The van der Waals surface area contributed by atoms with Crippen molar-refractivity contribution in [3.8, 4) is 0 Å². The van der Waals surface area contributed by atoms with E-state index in [0.29, 0.717) is 0 Å². The van der Waals surface area contributed by atoms with E-state index in [1.54, 1.807) is 0 Å². The maximum Gasteiger partial charge on any atom is 0.104 e. The lowest BCUT2D eigenvalue weighted by Gasteiger charge is -2.14. The molecule has 2 aromatic rings. The van der Waals surface area contributed by atoms with Gasteiger partial charge in [-0.05, 0) is 35.1 Å². The molecule has 0 aliphatic rings. The molecule has 1 nitrogen and oxygen atoms in total. The van der Waals surface area contributed by atoms with Crippen molar-refractivity contribution in [1.29, 1.82) is 0 Å². The average molecular weight is 240 g/mol. The molecule has 0 saturated heterocycles. The SMILES string of the molecule is CCc1ccc(C(O)c2ccccc2)cc1CC. The third-order valence-corrected chi connectivity index (χ3v) is 3.42. The van der Waals surface area contributed by atoms with Gasteiger partial charge in [-0.3, -0.25) is 0 Å². The molecular weight excluding hydrogens is 220 g/mol. The molecule has 0 bridgehead atoms. The van der Waals surface area contributed by atoms with Crippen LogP contribution in [0.25, 0.3) is 0 Å². The van der Waals surface area contributed by atoms with E-state index in [2.05, 4.69) is 26.0 Å². The molecule has 18 heavy (non-hydrogen) atoms. The second kappa shape index (κ2) is 5.83. The number of benzene rings is 2. The highest BCUT2D eigenvalue weighted by atomic mass is 16.3. The molecule has 0 aromatic heterocycles. The Bertz CT molecular complexity index is 502. The molecular formula is C17H20O. The average Bonchev–Trinajstić information content (AvgIpc) is 2.46. The fourth-order valence-electron chi connectivity index (χ4n) is 2.32. The maximum atomic E-state index is 10.4. The molecule has 0 radical (unpaired) electrons. The molecule has 0 heterocycles. The van der Waals surface area contributed by atoms with Crippen molar-refractivity contribution in [2.75, 3.05) is 0 Å². The number of aliphatic hydroxyl groups is 1. The van der Waals surface area contributed by atoms with Crippen LogP contribution in [0.15, 0.2) is 48.5 Å². The number of aryl methyl sites for hydroxylation is 2. The summed E-state index contributed by atoms with van der Waals surface area (Å²) in [5, 5.41) is 10.4. The van der Waals surface area contributed by atoms with Crippen LogP contribution in [0.2, 0.25) is 0 Å². The van der Waals surface area contributed by atoms with Gasteiger partial charge in [0.1, 0.15) is 6.10 Å². The molecule has 0 fully saturated rings. The zero-order valence-corrected chi connectivity index (χ0v) is 11.1. The van der Waals surface area contributed by atoms with Crippen molar-refractivity contribution in [3.63, 3.8) is 0 Å². The maximum absolute atomic E-state index is 10.4. The van der Waals surface area contributed by atoms with Crippen molar-refractivity contribution in [2.24, 2.45) is 0 Å². The van der Waals surface area contributed by atoms with Crippen molar-refractivity contribution < 1.29 is 5.11 Å². The summed E-state index contributed by atoms with van der Waals surface area (Å²) in [4.78, 5) is 0. The second-order valence-corrected chi connectivity index (χ2v) is 4.55. The van der Waals surface area contributed by atoms with E-state index in [9.17, 15) is 5.11 Å². The van der Waals surface area contributed by atoms with Crippen LogP contribution in [0.5, 0.6) is 0 Å². The van der Waals surface area contributed by atoms with Crippen molar-refractivity contribution in [1.82, 2.24) is 0 Å². The Morgan fingerprint density at radius 3 is 2.11 bits per heavy atom. The van der Waals surface area contributed by atoms with Gasteiger partial charge in [0.2, 0.25) is 0 Å². The first-order valence-corrected chi connectivity index (χ1v) is 6.61. The van der Waals surface area contributed by atoms with Gasteiger partial charge in [0.25, 0.3) is 0 Å². The van der Waals surface area contributed by atoms with Gasteiger partial charge in [-0.2, -0.15) is 0 Å². The fraction of sp³-hybridized carbons (Fsp3) is 0.294. The Kier molecular flexibility index (Phi) is 4.16. The standard InChI is InChI=1S/C17H20O/c1-3-13-10-11-16(12-14(13)4-2)17(18)15-8-6-5-7-9-15/h5-12,17-18H,3-4H2,1-2H3. The summed E-state index contributed by atoms with van der Waals surface area (Å²) in [6.45, 7) is 4.33. The van der Waals surface area contributed by atoms with Crippen molar-refractivity contribution in [3.05, 3.63) is 70.8 Å². The second-order valence-electron chi connectivity index (χ2n) is 4.55. The molecule has 0 amide bonds. The molecule has 0 saturated carbocycles. The van der Waals surface area contributed by atoms with Crippen LogP contribution in [0.3, 0.4) is 0 Å². The van der Waals surface area contributed by atoms with Gasteiger partial charge in [-0.25, -0.2) is 0 Å². The summed E-state index contributed by atoms with van der Waals surface area (Å²) in [6.07, 6.45) is 1.53. The van der Waals surface area contributed by atoms with Gasteiger partial charge in [-0.15, -0.1) is 0 Å². The highest BCUT2D eigenvalue weighted by molar-refractivity contribution is 5.37. The Hall–Kier alpha value is -1.60. The first kappa shape index (κ1) is 12.8. The van der Waals surface area contributed by atoms with Gasteiger partial charge in [0, 0.05) is 0 Å². The molecule has 2 aromatic carbocycles. The molecule has 2 rings (SSSR count). The van der Waals surface area contributed by atoms with Crippen LogP contribution in [0.1, 0.15) is 42.2 Å². The monoisotopic (exact) mass is 240 g/mol. The summed E-state index contributed by atoms with van der Waals surface area (Å²) >= 11 is 0. The van der Waals surface area contributed by atoms with E-state index in [0.717, 1.165) is 24.0 Å². The Morgan fingerprint density at radius 2 is 1.50 bits per heavy atom. The van der Waals surface area contributed by atoms with E-state index in [4.69, 9.17) is 0 Å². The number of aliphatic hydroxyl groups excluding tert-OH is 1. The Balaban J connectivity index is 2.34. The molecule has 0 aliphatic carbocycles. The van der Waals surface area contributed by atoms with E-state index >= 15 is 0 Å². The van der Waals surface area contributed by atoms with Gasteiger partial charge in [-0.1, -0.05) is 62.4 Å². The molecule has 0 aliphatic heterocycles. The van der Waals surface area contributed by atoms with Crippen molar-refractivity contribution >= 4 is 0 Å². The fourth-order valence-corrected chi connectivity index (χ4v) is 2.32. The summed E-state index contributed by atoms with van der Waals surface area (Å²) in [7, 11) is 0. The van der Waals surface area contributed by atoms with Gasteiger partial charge in [0.05, 0.1) is 0 Å². The van der Waals surface area contributed by atoms with Crippen LogP contribution < -0.4 is 0 Å². The zero-order chi connectivity index (χ0) is 13.0. The lowest BCUT2D eigenvalue weighted by molar-refractivity contribution is 0.220. The summed E-state index contributed by atoms with van der Waals surface area (Å²) < 4.78 is 0. The normalized spacial score (nSPS) is 12.4. The predicted octanol–water partition coefficient (Wildman–Crippen LogP) is 3.89. The van der Waals surface area contributed by atoms with E-state index in [1.165, 1.54) is 11.1 Å². The molecule has 1 unspecified atom stereocenters. The van der Waals surface area contributed by atoms with Crippen LogP contribution in [0.4, 0.5) is 0 Å². The smallest absolute Gasteiger partial charge is 0.104 e. The molecule has 1 N–H and O–H groups in total. The molecule has 1 atom stereocenters. The quantitative estimate of drug-likeness (QED) is 0.859. The summed E-state index contributed by atoms with van der Waals surface area (Å²) in [6, 6.07) is 16.1. The zero-order valence-electron chi connectivity index (χ0n) is 11.1. The van der Waals surface area contributed by atoms with E-state index in [-0.39, 0.29) is 0 Å². The Morgan fingerprint density at radius 1 is 0.833 bits per heavy atom. The highest BCUT2D eigenvalue weighted by Gasteiger charge is 2.11. The molecule has 1 heteroatoms. The van der Waals surface area contributed by atoms with E-state index < -0.39 is 6.10 Å². The molecule has 0 spiro atoms. The number of rotatable bonds is 4. The number of hydrogen-bond acceptors (Lipinski definition) is 1. The highest BCUT2D eigenvalue weighted by Crippen LogP contribution is 2.24. The van der Waals surface area contributed by atoms with Crippen LogP contribution in [-0.2, 0) is 12.8 Å². The van der Waals surface area contributed by atoms with Crippen LogP contribution in [0, 0.1) is 0 Å². The van der Waals surface area contributed by atoms with Crippen LogP contribution >= 0.6 is 0 Å². The minimum atomic E-state index is -0.526. The van der Waals surface area contributed by atoms with Gasteiger partial charge in [0.15, 0.2) is 0 Å². The summed E-state index contributed by atoms with van der Waals surface area (Å²) in [5.74, 6) is 0. The topological polar surface area (TPSA) is 20.2 Å². The largest absolute Gasteiger partial charge is 0.384 e. The minimum absolute atomic E-state index is 0.526. The van der Waals surface area contributed by atoms with Gasteiger partial charge >= 0.3 is 0 Å². The minimum Gasteiger partial charge on any atom is -0.384 e.